The third kappa shape index (κ3) is 5.49. The van der Waals surface area contributed by atoms with E-state index in [1.165, 1.54) is 4.90 Å². The van der Waals surface area contributed by atoms with Gasteiger partial charge < -0.3 is 14.2 Å². The van der Waals surface area contributed by atoms with E-state index in [1.807, 2.05) is 61.5 Å². The Labute approximate surface area is 211 Å². The third-order valence-electron chi connectivity index (χ3n) is 5.72. The molecule has 0 bridgehead atoms. The van der Waals surface area contributed by atoms with Crippen molar-refractivity contribution in [2.45, 2.75) is 27.4 Å². The van der Waals surface area contributed by atoms with E-state index in [1.54, 1.807) is 44.2 Å². The van der Waals surface area contributed by atoms with E-state index in [0.717, 1.165) is 11.1 Å². The summed E-state index contributed by atoms with van der Waals surface area (Å²) < 4.78 is 16.7. The van der Waals surface area contributed by atoms with Crippen molar-refractivity contribution in [2.24, 2.45) is 0 Å². The second-order valence-electron chi connectivity index (χ2n) is 8.15. The number of nitrogens with zero attached hydrogens (tertiary/aromatic N) is 1. The fourth-order valence-electron chi connectivity index (χ4n) is 4.02. The molecule has 6 nitrogen and oxygen atoms in total. The number of carbonyl (C=O) groups excluding carboxylic acids is 2. The van der Waals surface area contributed by atoms with Gasteiger partial charge in [-0.1, -0.05) is 42.5 Å². The largest absolute Gasteiger partial charge is 0.494 e. The lowest BCUT2D eigenvalue weighted by atomic mass is 10.0. The molecule has 0 saturated heterocycles. The quantitative estimate of drug-likeness (QED) is 0.279. The van der Waals surface area contributed by atoms with Gasteiger partial charge in [-0.25, -0.2) is 4.79 Å². The highest BCUT2D eigenvalue weighted by Gasteiger charge is 2.38. The van der Waals surface area contributed by atoms with Gasteiger partial charge in [0.1, 0.15) is 18.1 Å². The molecule has 184 valence electrons. The Morgan fingerprint density at radius 1 is 0.833 bits per heavy atom. The second kappa shape index (κ2) is 11.4. The lowest BCUT2D eigenvalue weighted by Crippen LogP contribution is -2.24. The maximum absolute atomic E-state index is 13.5. The molecule has 0 aromatic heterocycles. The molecule has 4 rings (SSSR count). The van der Waals surface area contributed by atoms with Crippen molar-refractivity contribution in [1.82, 2.24) is 0 Å². The summed E-state index contributed by atoms with van der Waals surface area (Å²) in [6.07, 6.45) is 1.72. The molecule has 1 aliphatic rings. The monoisotopic (exact) mass is 483 g/mol. The van der Waals surface area contributed by atoms with Gasteiger partial charge in [-0.3, -0.25) is 9.69 Å². The van der Waals surface area contributed by atoms with Crippen LogP contribution in [0.25, 0.3) is 6.08 Å². The third-order valence-corrected chi connectivity index (χ3v) is 5.72. The first-order chi connectivity index (χ1) is 17.5. The Balaban J connectivity index is 1.60. The zero-order chi connectivity index (χ0) is 25.5. The zero-order valence-electron chi connectivity index (χ0n) is 20.7. The minimum Gasteiger partial charge on any atom is -0.494 e. The predicted molar refractivity (Wildman–Crippen MR) is 140 cm³/mol. The van der Waals surface area contributed by atoms with Gasteiger partial charge in [-0.15, -0.1) is 0 Å². The SMILES string of the molecule is CCOC(=O)C1=C(C)N(c2ccc(OCC)cc2)C(=O)/C1=C\c1ccc(OCc2ccccc2)cc1. The number of carbonyl (C=O) groups is 2. The Hall–Kier alpha value is -4.32. The number of anilines is 1. The highest BCUT2D eigenvalue weighted by molar-refractivity contribution is 6.23. The first-order valence-electron chi connectivity index (χ1n) is 12.0. The molecule has 1 aliphatic heterocycles. The molecule has 0 fully saturated rings. The van der Waals surface area contributed by atoms with Crippen molar-refractivity contribution in [3.63, 3.8) is 0 Å². The summed E-state index contributed by atoms with van der Waals surface area (Å²) in [5, 5.41) is 0. The zero-order valence-corrected chi connectivity index (χ0v) is 20.7. The van der Waals surface area contributed by atoms with Crippen LogP contribution in [0.5, 0.6) is 11.5 Å². The van der Waals surface area contributed by atoms with Crippen LogP contribution >= 0.6 is 0 Å². The number of hydrogen-bond donors (Lipinski definition) is 0. The Morgan fingerprint density at radius 2 is 1.47 bits per heavy atom. The Bertz CT molecular complexity index is 1280. The van der Waals surface area contributed by atoms with Crippen LogP contribution in [-0.4, -0.2) is 25.1 Å². The molecule has 0 aliphatic carbocycles. The molecule has 36 heavy (non-hydrogen) atoms. The van der Waals surface area contributed by atoms with Gasteiger partial charge >= 0.3 is 5.97 Å². The molecule has 0 atom stereocenters. The van der Waals surface area contributed by atoms with E-state index in [-0.39, 0.29) is 23.7 Å². The van der Waals surface area contributed by atoms with Crippen molar-refractivity contribution in [3.05, 3.63) is 107 Å². The van der Waals surface area contributed by atoms with Crippen molar-refractivity contribution in [1.29, 1.82) is 0 Å². The minimum absolute atomic E-state index is 0.216. The summed E-state index contributed by atoms with van der Waals surface area (Å²) >= 11 is 0. The molecular weight excluding hydrogens is 454 g/mol. The number of esters is 1. The van der Waals surface area contributed by atoms with E-state index < -0.39 is 5.97 Å². The second-order valence-corrected chi connectivity index (χ2v) is 8.15. The van der Waals surface area contributed by atoms with Crippen LogP contribution in [0.1, 0.15) is 31.9 Å². The standard InChI is InChI=1S/C30H29NO5/c1-4-34-25-17-13-24(14-18-25)31-21(3)28(30(33)35-5-2)27(29(31)32)19-22-11-15-26(16-12-22)36-20-23-9-7-6-8-10-23/h6-19H,4-5,20H2,1-3H3/b27-19-. The number of allylic oxidation sites excluding steroid dienone is 1. The van der Waals surface area contributed by atoms with E-state index in [9.17, 15) is 9.59 Å². The lowest BCUT2D eigenvalue weighted by Gasteiger charge is -2.18. The Morgan fingerprint density at radius 3 is 2.11 bits per heavy atom. The van der Waals surface area contributed by atoms with Crippen LogP contribution < -0.4 is 14.4 Å². The summed E-state index contributed by atoms with van der Waals surface area (Å²) in [6, 6.07) is 24.5. The minimum atomic E-state index is -0.522. The van der Waals surface area contributed by atoms with Crippen LogP contribution in [0.2, 0.25) is 0 Å². The van der Waals surface area contributed by atoms with Crippen LogP contribution in [0.15, 0.2) is 95.7 Å². The molecule has 3 aromatic carbocycles. The summed E-state index contributed by atoms with van der Waals surface area (Å²) in [5.74, 6) is 0.618. The van der Waals surface area contributed by atoms with Crippen LogP contribution in [-0.2, 0) is 20.9 Å². The Kier molecular flexibility index (Phi) is 7.85. The summed E-state index contributed by atoms with van der Waals surface area (Å²) in [4.78, 5) is 27.9. The normalized spacial score (nSPS) is 14.4. The van der Waals surface area contributed by atoms with E-state index in [2.05, 4.69) is 0 Å². The molecule has 0 N–H and O–H groups in total. The molecule has 0 unspecified atom stereocenters. The van der Waals surface area contributed by atoms with Crippen molar-refractivity contribution >= 4 is 23.6 Å². The number of hydrogen-bond acceptors (Lipinski definition) is 5. The number of rotatable bonds is 9. The fourth-order valence-corrected chi connectivity index (χ4v) is 4.02. The van der Waals surface area contributed by atoms with Crippen molar-refractivity contribution < 1.29 is 23.8 Å². The van der Waals surface area contributed by atoms with Gasteiger partial charge in [0, 0.05) is 11.4 Å². The lowest BCUT2D eigenvalue weighted by molar-refractivity contribution is -0.138. The number of benzene rings is 3. The van der Waals surface area contributed by atoms with Gasteiger partial charge in [0.25, 0.3) is 5.91 Å². The molecule has 1 amide bonds. The summed E-state index contributed by atoms with van der Waals surface area (Å²) in [7, 11) is 0. The van der Waals surface area contributed by atoms with Crippen molar-refractivity contribution in [3.8, 4) is 11.5 Å². The summed E-state index contributed by atoms with van der Waals surface area (Å²) in [5.41, 5.74) is 3.58. The van der Waals surface area contributed by atoms with E-state index >= 15 is 0 Å². The summed E-state index contributed by atoms with van der Waals surface area (Å²) in [6.45, 7) is 6.64. The number of amides is 1. The fraction of sp³-hybridized carbons (Fsp3) is 0.200. The highest BCUT2D eigenvalue weighted by Crippen LogP contribution is 2.36. The topological polar surface area (TPSA) is 65.1 Å². The maximum atomic E-state index is 13.5. The van der Waals surface area contributed by atoms with E-state index in [0.29, 0.717) is 36.1 Å². The molecule has 0 radical (unpaired) electrons. The maximum Gasteiger partial charge on any atom is 0.340 e. The molecule has 1 heterocycles. The van der Waals surface area contributed by atoms with Crippen LogP contribution in [0.4, 0.5) is 5.69 Å². The van der Waals surface area contributed by atoms with Crippen LogP contribution in [0.3, 0.4) is 0 Å². The van der Waals surface area contributed by atoms with Gasteiger partial charge in [0.15, 0.2) is 0 Å². The highest BCUT2D eigenvalue weighted by atomic mass is 16.5. The molecule has 0 saturated carbocycles. The first-order valence-corrected chi connectivity index (χ1v) is 12.0. The average molecular weight is 484 g/mol. The first kappa shape index (κ1) is 24.8. The molecule has 0 spiro atoms. The van der Waals surface area contributed by atoms with Gasteiger partial charge in [-0.2, -0.15) is 0 Å². The van der Waals surface area contributed by atoms with Crippen molar-refractivity contribution in [2.75, 3.05) is 18.1 Å². The van der Waals surface area contributed by atoms with E-state index in [4.69, 9.17) is 14.2 Å². The smallest absolute Gasteiger partial charge is 0.340 e. The number of ether oxygens (including phenoxy) is 3. The van der Waals surface area contributed by atoms with Gasteiger partial charge in [-0.05, 0) is 74.4 Å². The van der Waals surface area contributed by atoms with Gasteiger partial charge in [0.2, 0.25) is 0 Å². The molecule has 6 heteroatoms. The molecular formula is C30H29NO5. The molecule has 3 aromatic rings. The average Bonchev–Trinajstić information content (AvgIpc) is 3.14. The van der Waals surface area contributed by atoms with Gasteiger partial charge in [0.05, 0.1) is 24.4 Å². The van der Waals surface area contributed by atoms with Crippen LogP contribution in [0, 0.1) is 0 Å². The predicted octanol–water partition coefficient (Wildman–Crippen LogP) is 5.93.